The summed E-state index contributed by atoms with van der Waals surface area (Å²) in [5.41, 5.74) is 0.453. The van der Waals surface area contributed by atoms with E-state index in [4.69, 9.17) is 0 Å². The minimum Gasteiger partial charge on any atom is -0.321 e. The molecule has 6 nitrogen and oxygen atoms in total. The molecule has 28 heavy (non-hydrogen) atoms. The van der Waals surface area contributed by atoms with Crippen LogP contribution in [-0.2, 0) is 10.0 Å². The van der Waals surface area contributed by atoms with Crippen LogP contribution in [0, 0.1) is 0 Å². The van der Waals surface area contributed by atoms with Gasteiger partial charge in [-0.3, -0.25) is 4.79 Å². The Morgan fingerprint density at radius 3 is 2.68 bits per heavy atom. The van der Waals surface area contributed by atoms with Crippen LogP contribution in [0.25, 0.3) is 9.88 Å². The summed E-state index contributed by atoms with van der Waals surface area (Å²) in [5, 5.41) is 5.54. The Labute approximate surface area is 171 Å². The molecule has 1 aliphatic heterocycles. The van der Waals surface area contributed by atoms with E-state index in [0.29, 0.717) is 23.7 Å². The molecule has 3 heterocycles. The molecule has 2 aromatic heterocycles. The number of carbonyl (C=O) groups is 1. The number of piperidine rings is 1. The van der Waals surface area contributed by atoms with Crippen LogP contribution in [0.2, 0.25) is 0 Å². The first-order valence-corrected chi connectivity index (χ1v) is 12.1. The quantitative estimate of drug-likeness (QED) is 0.651. The SMILES string of the molecule is O=C(Nc1cccc(S(=O)(=O)N2CCCCC2)c1)c1cnc(-c2cccs2)s1. The Morgan fingerprint density at radius 2 is 1.93 bits per heavy atom. The summed E-state index contributed by atoms with van der Waals surface area (Å²) in [5.74, 6) is -0.298. The van der Waals surface area contributed by atoms with Gasteiger partial charge in [-0.1, -0.05) is 18.6 Å². The maximum atomic E-state index is 12.8. The number of thiazole rings is 1. The molecule has 0 radical (unpaired) electrons. The highest BCUT2D eigenvalue weighted by Gasteiger charge is 2.26. The summed E-state index contributed by atoms with van der Waals surface area (Å²) in [4.78, 5) is 18.6. The van der Waals surface area contributed by atoms with Gasteiger partial charge in [-0.05, 0) is 42.5 Å². The average Bonchev–Trinajstić information content (AvgIpc) is 3.40. The molecule has 1 N–H and O–H groups in total. The molecule has 1 saturated heterocycles. The number of anilines is 1. The minimum absolute atomic E-state index is 0.204. The van der Waals surface area contributed by atoms with Gasteiger partial charge in [0.15, 0.2) is 0 Å². The van der Waals surface area contributed by atoms with Crippen LogP contribution in [0.4, 0.5) is 5.69 Å². The fraction of sp³-hybridized carbons (Fsp3) is 0.263. The fourth-order valence-corrected chi connectivity index (χ4v) is 6.25. The Bertz CT molecular complexity index is 1070. The molecule has 9 heteroatoms. The zero-order valence-corrected chi connectivity index (χ0v) is 17.4. The van der Waals surface area contributed by atoms with Crippen molar-refractivity contribution in [3.8, 4) is 9.88 Å². The lowest BCUT2D eigenvalue weighted by Crippen LogP contribution is -2.35. The van der Waals surface area contributed by atoms with E-state index in [9.17, 15) is 13.2 Å². The zero-order valence-electron chi connectivity index (χ0n) is 15.0. The maximum absolute atomic E-state index is 12.8. The van der Waals surface area contributed by atoms with E-state index in [1.807, 2.05) is 17.5 Å². The molecule has 0 unspecified atom stereocenters. The van der Waals surface area contributed by atoms with E-state index in [1.54, 1.807) is 35.7 Å². The second-order valence-corrected chi connectivity index (χ2v) is 10.4. The smallest absolute Gasteiger partial charge is 0.267 e. The number of hydrogen-bond donors (Lipinski definition) is 1. The maximum Gasteiger partial charge on any atom is 0.267 e. The molecule has 0 spiro atoms. The van der Waals surface area contributed by atoms with Crippen molar-refractivity contribution < 1.29 is 13.2 Å². The molecule has 0 saturated carbocycles. The monoisotopic (exact) mass is 433 g/mol. The topological polar surface area (TPSA) is 79.4 Å². The van der Waals surface area contributed by atoms with Crippen molar-refractivity contribution in [3.63, 3.8) is 0 Å². The summed E-state index contributed by atoms with van der Waals surface area (Å²) in [7, 11) is -3.54. The van der Waals surface area contributed by atoms with Crippen LogP contribution in [0.1, 0.15) is 28.9 Å². The average molecular weight is 434 g/mol. The van der Waals surface area contributed by atoms with Gasteiger partial charge in [0.2, 0.25) is 10.0 Å². The van der Waals surface area contributed by atoms with Gasteiger partial charge in [0.1, 0.15) is 9.88 Å². The Kier molecular flexibility index (Phi) is 5.58. The van der Waals surface area contributed by atoms with Crippen molar-refractivity contribution in [2.75, 3.05) is 18.4 Å². The standard InChI is InChI=1S/C19H19N3O3S3/c23-18(17-13-20-19(27-17)16-8-5-11-26-16)21-14-6-4-7-15(12-14)28(24,25)22-9-2-1-3-10-22/h4-8,11-13H,1-3,9-10H2,(H,21,23). The first-order valence-electron chi connectivity index (χ1n) is 8.95. The van der Waals surface area contributed by atoms with Crippen molar-refractivity contribution in [2.45, 2.75) is 24.2 Å². The number of carbonyl (C=O) groups excluding carboxylic acids is 1. The predicted molar refractivity (Wildman–Crippen MR) is 112 cm³/mol. The lowest BCUT2D eigenvalue weighted by atomic mass is 10.2. The van der Waals surface area contributed by atoms with Gasteiger partial charge in [0.05, 0.1) is 16.0 Å². The van der Waals surface area contributed by atoms with Gasteiger partial charge in [-0.2, -0.15) is 4.31 Å². The largest absolute Gasteiger partial charge is 0.321 e. The molecule has 1 aliphatic rings. The molecule has 146 valence electrons. The number of amides is 1. The minimum atomic E-state index is -3.54. The van der Waals surface area contributed by atoms with Gasteiger partial charge in [0.25, 0.3) is 5.91 Å². The number of hydrogen-bond acceptors (Lipinski definition) is 6. The van der Waals surface area contributed by atoms with Gasteiger partial charge in [-0.25, -0.2) is 13.4 Å². The van der Waals surface area contributed by atoms with E-state index in [2.05, 4.69) is 10.3 Å². The molecule has 0 atom stereocenters. The Morgan fingerprint density at radius 1 is 1.11 bits per heavy atom. The van der Waals surface area contributed by atoms with Gasteiger partial charge < -0.3 is 5.32 Å². The van der Waals surface area contributed by atoms with Crippen LogP contribution in [0.15, 0.2) is 52.9 Å². The van der Waals surface area contributed by atoms with Crippen LogP contribution < -0.4 is 5.32 Å². The first-order chi connectivity index (χ1) is 13.5. The third-order valence-electron chi connectivity index (χ3n) is 4.51. The van der Waals surface area contributed by atoms with Crippen molar-refractivity contribution in [1.82, 2.24) is 9.29 Å². The molecule has 1 aromatic carbocycles. The molecule has 4 rings (SSSR count). The van der Waals surface area contributed by atoms with Gasteiger partial charge >= 0.3 is 0 Å². The van der Waals surface area contributed by atoms with Crippen molar-refractivity contribution in [3.05, 3.63) is 52.9 Å². The van der Waals surface area contributed by atoms with Crippen molar-refractivity contribution >= 4 is 44.3 Å². The molecule has 0 bridgehead atoms. The highest BCUT2D eigenvalue weighted by molar-refractivity contribution is 7.89. The first kappa shape index (κ1) is 19.3. The van der Waals surface area contributed by atoms with Crippen molar-refractivity contribution in [1.29, 1.82) is 0 Å². The highest BCUT2D eigenvalue weighted by Crippen LogP contribution is 2.29. The van der Waals surface area contributed by atoms with Crippen LogP contribution >= 0.6 is 22.7 Å². The Balaban J connectivity index is 1.51. The zero-order chi connectivity index (χ0) is 19.6. The predicted octanol–water partition coefficient (Wildman–Crippen LogP) is 4.30. The number of sulfonamides is 1. The molecule has 0 aliphatic carbocycles. The second-order valence-electron chi connectivity index (χ2n) is 6.45. The number of benzene rings is 1. The third-order valence-corrected chi connectivity index (χ3v) is 8.44. The molecule has 1 fully saturated rings. The molecular weight excluding hydrogens is 414 g/mol. The fourth-order valence-electron chi connectivity index (χ4n) is 3.07. The number of nitrogens with zero attached hydrogens (tertiary/aromatic N) is 2. The summed E-state index contributed by atoms with van der Waals surface area (Å²) < 4.78 is 27.2. The number of nitrogens with one attached hydrogen (secondary N) is 1. The van der Waals surface area contributed by atoms with E-state index < -0.39 is 10.0 Å². The third kappa shape index (κ3) is 4.02. The van der Waals surface area contributed by atoms with Crippen molar-refractivity contribution in [2.24, 2.45) is 0 Å². The van der Waals surface area contributed by atoms with Gasteiger partial charge in [-0.15, -0.1) is 22.7 Å². The molecule has 1 amide bonds. The Hall–Kier alpha value is -2.07. The van der Waals surface area contributed by atoms with E-state index >= 15 is 0 Å². The van der Waals surface area contributed by atoms with E-state index in [1.165, 1.54) is 21.7 Å². The highest BCUT2D eigenvalue weighted by atomic mass is 32.2. The second kappa shape index (κ2) is 8.12. The summed E-state index contributed by atoms with van der Waals surface area (Å²) in [6.07, 6.45) is 4.37. The lowest BCUT2D eigenvalue weighted by Gasteiger charge is -2.26. The summed E-state index contributed by atoms with van der Waals surface area (Å²) in [6.45, 7) is 1.09. The normalized spacial score (nSPS) is 15.4. The molecule has 3 aromatic rings. The van der Waals surface area contributed by atoms with Crippen LogP contribution in [0.3, 0.4) is 0 Å². The van der Waals surface area contributed by atoms with Gasteiger partial charge in [0, 0.05) is 18.8 Å². The summed E-state index contributed by atoms with van der Waals surface area (Å²) in [6, 6.07) is 10.3. The van der Waals surface area contributed by atoms with Crippen LogP contribution in [-0.4, -0.2) is 36.7 Å². The molecular formula is C19H19N3O3S3. The van der Waals surface area contributed by atoms with Crippen LogP contribution in [0.5, 0.6) is 0 Å². The number of aromatic nitrogens is 1. The van der Waals surface area contributed by atoms with E-state index in [0.717, 1.165) is 29.1 Å². The number of thiophene rings is 1. The lowest BCUT2D eigenvalue weighted by molar-refractivity contribution is 0.103. The summed E-state index contributed by atoms with van der Waals surface area (Å²) >= 11 is 2.88. The van der Waals surface area contributed by atoms with E-state index in [-0.39, 0.29) is 10.8 Å². The number of rotatable bonds is 5.